The molecule has 4 heteroatoms. The Morgan fingerprint density at radius 1 is 1.35 bits per heavy atom. The Bertz CT molecular complexity index is 427. The lowest BCUT2D eigenvalue weighted by molar-refractivity contribution is 0.219. The molecular formula is C13H17N3O. The van der Waals surface area contributed by atoms with Crippen molar-refractivity contribution in [1.29, 1.82) is 0 Å². The number of nitrogens with two attached hydrogens (primary N) is 1. The van der Waals surface area contributed by atoms with Gasteiger partial charge in [0.1, 0.15) is 5.76 Å². The van der Waals surface area contributed by atoms with E-state index in [0.29, 0.717) is 6.54 Å². The summed E-state index contributed by atoms with van der Waals surface area (Å²) in [6, 6.07) is 9.84. The van der Waals surface area contributed by atoms with Crippen molar-refractivity contribution in [3.8, 4) is 0 Å². The van der Waals surface area contributed by atoms with Gasteiger partial charge in [0.15, 0.2) is 0 Å². The Morgan fingerprint density at radius 2 is 2.24 bits per heavy atom. The summed E-state index contributed by atoms with van der Waals surface area (Å²) in [6.07, 6.45) is 3.47. The zero-order valence-electron chi connectivity index (χ0n) is 9.91. The standard InChI is InChI=1S/C13H17N3O/c1-16(10-11-5-4-8-17-11)13(9-14)12-6-2-3-7-15-12/h2-8,13H,9-10,14H2,1H3. The van der Waals surface area contributed by atoms with Gasteiger partial charge in [-0.1, -0.05) is 6.07 Å². The Balaban J connectivity index is 2.08. The fourth-order valence-corrected chi connectivity index (χ4v) is 1.86. The number of rotatable bonds is 5. The Morgan fingerprint density at radius 3 is 2.82 bits per heavy atom. The summed E-state index contributed by atoms with van der Waals surface area (Å²) >= 11 is 0. The highest BCUT2D eigenvalue weighted by Crippen LogP contribution is 2.18. The van der Waals surface area contributed by atoms with Crippen LogP contribution in [-0.4, -0.2) is 23.5 Å². The van der Waals surface area contributed by atoms with E-state index in [2.05, 4.69) is 9.88 Å². The number of furan rings is 1. The number of pyridine rings is 1. The molecule has 2 aromatic heterocycles. The van der Waals surface area contributed by atoms with E-state index in [9.17, 15) is 0 Å². The van der Waals surface area contributed by atoms with Crippen molar-refractivity contribution in [1.82, 2.24) is 9.88 Å². The number of nitrogens with zero attached hydrogens (tertiary/aromatic N) is 2. The lowest BCUT2D eigenvalue weighted by Gasteiger charge is -2.25. The van der Waals surface area contributed by atoms with Gasteiger partial charge in [-0.15, -0.1) is 0 Å². The maximum Gasteiger partial charge on any atom is 0.117 e. The first-order chi connectivity index (χ1) is 8.31. The third-order valence-electron chi connectivity index (χ3n) is 2.77. The molecule has 0 saturated heterocycles. The van der Waals surface area contributed by atoms with Gasteiger partial charge in [-0.3, -0.25) is 9.88 Å². The van der Waals surface area contributed by atoms with Crippen molar-refractivity contribution in [2.75, 3.05) is 13.6 Å². The molecule has 1 unspecified atom stereocenters. The van der Waals surface area contributed by atoms with Crippen molar-refractivity contribution < 1.29 is 4.42 Å². The largest absolute Gasteiger partial charge is 0.468 e. The van der Waals surface area contributed by atoms with Crippen LogP contribution in [0.25, 0.3) is 0 Å². The Kier molecular flexibility index (Phi) is 3.90. The van der Waals surface area contributed by atoms with Crippen LogP contribution < -0.4 is 5.73 Å². The minimum absolute atomic E-state index is 0.112. The van der Waals surface area contributed by atoms with E-state index in [4.69, 9.17) is 10.2 Å². The van der Waals surface area contributed by atoms with Crippen molar-refractivity contribution in [3.63, 3.8) is 0 Å². The maximum atomic E-state index is 5.82. The van der Waals surface area contributed by atoms with Crippen molar-refractivity contribution in [3.05, 3.63) is 54.2 Å². The van der Waals surface area contributed by atoms with Crippen LogP contribution in [0.1, 0.15) is 17.5 Å². The molecule has 2 N–H and O–H groups in total. The van der Waals surface area contributed by atoms with E-state index in [1.165, 1.54) is 0 Å². The number of hydrogen-bond donors (Lipinski definition) is 1. The molecule has 0 spiro atoms. The molecule has 1 atom stereocenters. The summed E-state index contributed by atoms with van der Waals surface area (Å²) in [5.41, 5.74) is 6.81. The van der Waals surface area contributed by atoms with Crippen molar-refractivity contribution in [2.45, 2.75) is 12.6 Å². The van der Waals surface area contributed by atoms with Gasteiger partial charge in [-0.05, 0) is 31.3 Å². The first-order valence-corrected chi connectivity index (χ1v) is 5.65. The third-order valence-corrected chi connectivity index (χ3v) is 2.77. The predicted molar refractivity (Wildman–Crippen MR) is 66.2 cm³/mol. The monoisotopic (exact) mass is 231 g/mol. The van der Waals surface area contributed by atoms with Crippen LogP contribution in [0.5, 0.6) is 0 Å². The molecule has 0 aliphatic rings. The molecule has 4 nitrogen and oxygen atoms in total. The number of likely N-dealkylation sites (N-methyl/N-ethyl adjacent to an activating group) is 1. The molecule has 2 rings (SSSR count). The van der Waals surface area contributed by atoms with Gasteiger partial charge in [0, 0.05) is 12.7 Å². The van der Waals surface area contributed by atoms with Crippen LogP contribution >= 0.6 is 0 Å². The van der Waals surface area contributed by atoms with E-state index in [1.54, 1.807) is 12.5 Å². The first kappa shape index (κ1) is 11.8. The highest BCUT2D eigenvalue weighted by Gasteiger charge is 2.17. The smallest absolute Gasteiger partial charge is 0.117 e. The molecule has 2 heterocycles. The average Bonchev–Trinajstić information content (AvgIpc) is 2.84. The molecular weight excluding hydrogens is 214 g/mol. The fraction of sp³-hybridized carbons (Fsp3) is 0.308. The van der Waals surface area contributed by atoms with Crippen LogP contribution in [0.2, 0.25) is 0 Å². The molecule has 17 heavy (non-hydrogen) atoms. The second-order valence-corrected chi connectivity index (χ2v) is 4.00. The van der Waals surface area contributed by atoms with Gasteiger partial charge in [0.25, 0.3) is 0 Å². The summed E-state index contributed by atoms with van der Waals surface area (Å²) in [7, 11) is 2.02. The molecule has 90 valence electrons. The number of hydrogen-bond acceptors (Lipinski definition) is 4. The predicted octanol–water partition coefficient (Wildman–Crippen LogP) is 1.81. The second-order valence-electron chi connectivity index (χ2n) is 4.00. The second kappa shape index (κ2) is 5.61. The molecule has 2 aromatic rings. The molecule has 0 aromatic carbocycles. The quantitative estimate of drug-likeness (QED) is 0.852. The Labute approximate surface area is 101 Å². The lowest BCUT2D eigenvalue weighted by Crippen LogP contribution is -2.30. The lowest BCUT2D eigenvalue weighted by atomic mass is 10.1. The van der Waals surface area contributed by atoms with Gasteiger partial charge < -0.3 is 10.2 Å². The zero-order chi connectivity index (χ0) is 12.1. The molecule has 0 aliphatic heterocycles. The maximum absolute atomic E-state index is 5.82. The number of aromatic nitrogens is 1. The van der Waals surface area contributed by atoms with Crippen molar-refractivity contribution >= 4 is 0 Å². The van der Waals surface area contributed by atoms with E-state index >= 15 is 0 Å². The van der Waals surface area contributed by atoms with Crippen molar-refractivity contribution in [2.24, 2.45) is 5.73 Å². The van der Waals surface area contributed by atoms with Gasteiger partial charge in [0.2, 0.25) is 0 Å². The molecule has 0 fully saturated rings. The summed E-state index contributed by atoms with van der Waals surface area (Å²) in [5.74, 6) is 0.932. The molecule has 0 saturated carbocycles. The highest BCUT2D eigenvalue weighted by atomic mass is 16.3. The van der Waals surface area contributed by atoms with Crippen LogP contribution in [0.4, 0.5) is 0 Å². The summed E-state index contributed by atoms with van der Waals surface area (Å²) in [4.78, 5) is 6.49. The fourth-order valence-electron chi connectivity index (χ4n) is 1.86. The van der Waals surface area contributed by atoms with Crippen LogP contribution in [0.3, 0.4) is 0 Å². The molecule has 0 aliphatic carbocycles. The topological polar surface area (TPSA) is 55.3 Å². The van der Waals surface area contributed by atoms with Crippen LogP contribution in [-0.2, 0) is 6.54 Å². The van der Waals surface area contributed by atoms with Gasteiger partial charge in [-0.2, -0.15) is 0 Å². The van der Waals surface area contributed by atoms with Crippen LogP contribution in [0, 0.1) is 0 Å². The summed E-state index contributed by atoms with van der Waals surface area (Å²) < 4.78 is 5.33. The normalized spacial score (nSPS) is 12.9. The van der Waals surface area contributed by atoms with Gasteiger partial charge >= 0.3 is 0 Å². The van der Waals surface area contributed by atoms with Gasteiger partial charge in [-0.25, -0.2) is 0 Å². The minimum atomic E-state index is 0.112. The van der Waals surface area contributed by atoms with E-state index in [1.807, 2.05) is 37.4 Å². The average molecular weight is 231 g/mol. The molecule has 0 radical (unpaired) electrons. The summed E-state index contributed by atoms with van der Waals surface area (Å²) in [6.45, 7) is 1.26. The first-order valence-electron chi connectivity index (χ1n) is 5.65. The zero-order valence-corrected chi connectivity index (χ0v) is 9.91. The van der Waals surface area contributed by atoms with E-state index in [-0.39, 0.29) is 6.04 Å². The van der Waals surface area contributed by atoms with E-state index in [0.717, 1.165) is 18.0 Å². The van der Waals surface area contributed by atoms with Crippen LogP contribution in [0.15, 0.2) is 47.2 Å². The summed E-state index contributed by atoms with van der Waals surface area (Å²) in [5, 5.41) is 0. The Hall–Kier alpha value is -1.65. The SMILES string of the molecule is CN(Cc1ccco1)C(CN)c1ccccn1. The minimum Gasteiger partial charge on any atom is -0.468 e. The van der Waals surface area contributed by atoms with Gasteiger partial charge in [0.05, 0.1) is 24.5 Å². The third kappa shape index (κ3) is 2.93. The molecule has 0 amide bonds. The highest BCUT2D eigenvalue weighted by molar-refractivity contribution is 5.10. The molecule has 0 bridgehead atoms. The van der Waals surface area contributed by atoms with E-state index < -0.39 is 0 Å².